The Morgan fingerprint density at radius 3 is 2.81 bits per heavy atom. The maximum Gasteiger partial charge on any atom is 0.134 e. The summed E-state index contributed by atoms with van der Waals surface area (Å²) in [4.78, 5) is 4.39. The van der Waals surface area contributed by atoms with Gasteiger partial charge in [-0.2, -0.15) is 0 Å². The van der Waals surface area contributed by atoms with Crippen LogP contribution in [0.15, 0.2) is 30.3 Å². The number of nitrogens with two attached hydrogens (primary N) is 1. The van der Waals surface area contributed by atoms with E-state index in [-0.39, 0.29) is 6.04 Å². The number of hydrogen-bond donors (Lipinski definition) is 1. The van der Waals surface area contributed by atoms with Crippen molar-refractivity contribution in [3.05, 3.63) is 41.0 Å². The highest BCUT2D eigenvalue weighted by Crippen LogP contribution is 2.41. The summed E-state index contributed by atoms with van der Waals surface area (Å²) >= 11 is 6.18. The third-order valence-corrected chi connectivity index (χ3v) is 3.50. The molecule has 1 fully saturated rings. The molecule has 0 unspecified atom stereocenters. The monoisotopic (exact) mass is 232 g/mol. The Kier molecular flexibility index (Phi) is 2.34. The van der Waals surface area contributed by atoms with Crippen molar-refractivity contribution in [1.29, 1.82) is 0 Å². The van der Waals surface area contributed by atoms with E-state index in [1.54, 1.807) is 0 Å². The van der Waals surface area contributed by atoms with Crippen LogP contribution in [0.1, 0.15) is 24.4 Å². The van der Waals surface area contributed by atoms with E-state index in [0.717, 1.165) is 16.5 Å². The van der Waals surface area contributed by atoms with E-state index < -0.39 is 0 Å². The molecule has 16 heavy (non-hydrogen) atoms. The first-order chi connectivity index (χ1) is 7.75. The summed E-state index contributed by atoms with van der Waals surface area (Å²) in [5, 5.41) is 1.66. The van der Waals surface area contributed by atoms with Crippen molar-refractivity contribution in [2.45, 2.75) is 18.9 Å². The van der Waals surface area contributed by atoms with E-state index in [1.165, 1.54) is 12.8 Å². The molecule has 82 valence electrons. The van der Waals surface area contributed by atoms with Crippen LogP contribution in [0.3, 0.4) is 0 Å². The molecule has 2 aromatic rings. The predicted octanol–water partition coefficient (Wildman–Crippen LogP) is 3.30. The molecule has 1 atom stereocenters. The average molecular weight is 233 g/mol. The Labute approximate surface area is 99.4 Å². The second kappa shape index (κ2) is 3.72. The molecule has 1 aliphatic rings. The summed E-state index contributed by atoms with van der Waals surface area (Å²) in [6, 6.07) is 10.1. The van der Waals surface area contributed by atoms with Crippen molar-refractivity contribution < 1.29 is 0 Å². The summed E-state index contributed by atoms with van der Waals surface area (Å²) in [5.41, 5.74) is 8.09. The van der Waals surface area contributed by atoms with Crippen LogP contribution in [0.4, 0.5) is 0 Å². The molecule has 0 aliphatic heterocycles. The fourth-order valence-corrected chi connectivity index (χ4v) is 2.32. The van der Waals surface area contributed by atoms with E-state index >= 15 is 0 Å². The van der Waals surface area contributed by atoms with E-state index in [2.05, 4.69) is 11.1 Å². The predicted molar refractivity (Wildman–Crippen MR) is 66.4 cm³/mol. The first-order valence-electron chi connectivity index (χ1n) is 5.56. The molecule has 3 heteroatoms. The van der Waals surface area contributed by atoms with Gasteiger partial charge >= 0.3 is 0 Å². The highest BCUT2D eigenvalue weighted by Gasteiger charge is 2.31. The zero-order valence-electron chi connectivity index (χ0n) is 8.86. The van der Waals surface area contributed by atoms with Crippen molar-refractivity contribution in [2.24, 2.45) is 11.7 Å². The van der Waals surface area contributed by atoms with Gasteiger partial charge in [-0.3, -0.25) is 0 Å². The zero-order chi connectivity index (χ0) is 11.1. The highest BCUT2D eigenvalue weighted by atomic mass is 35.5. The smallest absolute Gasteiger partial charge is 0.134 e. The van der Waals surface area contributed by atoms with Crippen LogP contribution in [-0.4, -0.2) is 4.98 Å². The third-order valence-electron chi connectivity index (χ3n) is 3.19. The summed E-state index contributed by atoms with van der Waals surface area (Å²) in [5.74, 6) is 0.598. The SMILES string of the molecule is N[C@H](c1cc2ccccc2nc1Cl)C1CC1. The quantitative estimate of drug-likeness (QED) is 0.807. The standard InChI is InChI=1S/C13H13ClN2/c14-13-10(12(15)8-5-6-8)7-9-3-1-2-4-11(9)16-13/h1-4,7-8,12H,5-6,15H2/t12-/m0/s1. The molecule has 0 spiro atoms. The highest BCUT2D eigenvalue weighted by molar-refractivity contribution is 6.30. The fourth-order valence-electron chi connectivity index (χ4n) is 2.05. The van der Waals surface area contributed by atoms with Gasteiger partial charge in [0.1, 0.15) is 5.15 Å². The molecule has 0 bridgehead atoms. The molecular weight excluding hydrogens is 220 g/mol. The number of fused-ring (bicyclic) bond motifs is 1. The number of rotatable bonds is 2. The van der Waals surface area contributed by atoms with Crippen molar-refractivity contribution in [3.8, 4) is 0 Å². The third kappa shape index (κ3) is 1.68. The molecule has 2 N–H and O–H groups in total. The first-order valence-corrected chi connectivity index (χ1v) is 5.94. The number of benzene rings is 1. The Hall–Kier alpha value is -1.12. The minimum absolute atomic E-state index is 0.0459. The van der Waals surface area contributed by atoms with Gasteiger partial charge in [-0.15, -0.1) is 0 Å². The normalized spacial score (nSPS) is 17.6. The molecule has 1 aromatic carbocycles. The Morgan fingerprint density at radius 2 is 2.06 bits per heavy atom. The van der Waals surface area contributed by atoms with Gasteiger partial charge < -0.3 is 5.73 Å². The zero-order valence-corrected chi connectivity index (χ0v) is 9.61. The second-order valence-electron chi connectivity index (χ2n) is 4.42. The number of nitrogens with zero attached hydrogens (tertiary/aromatic N) is 1. The molecule has 1 aromatic heterocycles. The topological polar surface area (TPSA) is 38.9 Å². The van der Waals surface area contributed by atoms with Crippen LogP contribution in [0, 0.1) is 5.92 Å². The maximum atomic E-state index is 6.18. The lowest BCUT2D eigenvalue weighted by molar-refractivity contribution is 0.632. The van der Waals surface area contributed by atoms with Crippen LogP contribution in [0.2, 0.25) is 5.15 Å². The summed E-state index contributed by atoms with van der Waals surface area (Å²) in [6.45, 7) is 0. The summed E-state index contributed by atoms with van der Waals surface area (Å²) in [7, 11) is 0. The Balaban J connectivity index is 2.13. The number of para-hydroxylation sites is 1. The Morgan fingerprint density at radius 1 is 1.31 bits per heavy atom. The molecule has 2 nitrogen and oxygen atoms in total. The maximum absolute atomic E-state index is 6.18. The molecule has 1 aliphatic carbocycles. The number of aromatic nitrogens is 1. The van der Waals surface area contributed by atoms with E-state index in [4.69, 9.17) is 17.3 Å². The molecule has 0 saturated heterocycles. The first kappa shape index (κ1) is 10.1. The summed E-state index contributed by atoms with van der Waals surface area (Å²) < 4.78 is 0. The van der Waals surface area contributed by atoms with Gasteiger partial charge in [0.2, 0.25) is 0 Å². The Bertz CT molecular complexity index is 534. The van der Waals surface area contributed by atoms with Gasteiger partial charge in [0, 0.05) is 17.0 Å². The molecule has 1 heterocycles. The summed E-state index contributed by atoms with van der Waals surface area (Å²) in [6.07, 6.45) is 2.43. The minimum atomic E-state index is 0.0459. The van der Waals surface area contributed by atoms with Gasteiger partial charge in [-0.25, -0.2) is 4.98 Å². The van der Waals surface area contributed by atoms with Crippen LogP contribution in [0.5, 0.6) is 0 Å². The molecule has 0 radical (unpaired) electrons. The minimum Gasteiger partial charge on any atom is -0.324 e. The van der Waals surface area contributed by atoms with Gasteiger partial charge in [0.15, 0.2) is 0 Å². The number of hydrogen-bond acceptors (Lipinski definition) is 2. The van der Waals surface area contributed by atoms with Crippen LogP contribution < -0.4 is 5.73 Å². The molecular formula is C13H13ClN2. The van der Waals surface area contributed by atoms with Crippen LogP contribution >= 0.6 is 11.6 Å². The number of halogens is 1. The lowest BCUT2D eigenvalue weighted by Gasteiger charge is -2.12. The van der Waals surface area contributed by atoms with Gasteiger partial charge in [0.05, 0.1) is 5.52 Å². The van der Waals surface area contributed by atoms with Crippen LogP contribution in [0.25, 0.3) is 10.9 Å². The average Bonchev–Trinajstić information content (AvgIpc) is 3.11. The number of pyridine rings is 1. The van der Waals surface area contributed by atoms with E-state index in [1.807, 2.05) is 24.3 Å². The lowest BCUT2D eigenvalue weighted by atomic mass is 10.0. The van der Waals surface area contributed by atoms with Crippen LogP contribution in [-0.2, 0) is 0 Å². The molecule has 0 amide bonds. The van der Waals surface area contributed by atoms with Gasteiger partial charge in [-0.05, 0) is 30.9 Å². The van der Waals surface area contributed by atoms with E-state index in [9.17, 15) is 0 Å². The van der Waals surface area contributed by atoms with E-state index in [0.29, 0.717) is 11.1 Å². The van der Waals surface area contributed by atoms with Gasteiger partial charge in [-0.1, -0.05) is 29.8 Å². The lowest BCUT2D eigenvalue weighted by Crippen LogP contribution is -2.13. The second-order valence-corrected chi connectivity index (χ2v) is 4.78. The largest absolute Gasteiger partial charge is 0.324 e. The molecule has 3 rings (SSSR count). The van der Waals surface area contributed by atoms with Crippen molar-refractivity contribution in [1.82, 2.24) is 4.98 Å². The molecule has 1 saturated carbocycles. The van der Waals surface area contributed by atoms with Crippen molar-refractivity contribution >= 4 is 22.5 Å². The van der Waals surface area contributed by atoms with Crippen molar-refractivity contribution in [2.75, 3.05) is 0 Å². The fraction of sp³-hybridized carbons (Fsp3) is 0.308. The van der Waals surface area contributed by atoms with Gasteiger partial charge in [0.25, 0.3) is 0 Å². The van der Waals surface area contributed by atoms with Crippen molar-refractivity contribution in [3.63, 3.8) is 0 Å².